The second-order valence-corrected chi connectivity index (χ2v) is 8.92. The summed E-state index contributed by atoms with van der Waals surface area (Å²) in [4.78, 5) is 31.7. The highest BCUT2D eigenvalue weighted by molar-refractivity contribution is 5.80. The molecule has 0 aromatic heterocycles. The van der Waals surface area contributed by atoms with Crippen molar-refractivity contribution in [2.75, 3.05) is 52.4 Å². The second kappa shape index (κ2) is 8.70. The van der Waals surface area contributed by atoms with Crippen LogP contribution in [0.4, 0.5) is 0 Å². The molecule has 2 unspecified atom stereocenters. The van der Waals surface area contributed by atoms with Crippen molar-refractivity contribution >= 4 is 11.8 Å². The summed E-state index contributed by atoms with van der Waals surface area (Å²) in [5.74, 6) is 1.96. The normalized spacial score (nSPS) is 34.0. The molecule has 3 rings (SSSR count). The van der Waals surface area contributed by atoms with Gasteiger partial charge in [-0.15, -0.1) is 0 Å². The number of rotatable bonds is 3. The van der Waals surface area contributed by atoms with Crippen LogP contribution >= 0.6 is 0 Å². The van der Waals surface area contributed by atoms with Gasteiger partial charge in [0.25, 0.3) is 0 Å². The first-order valence-electron chi connectivity index (χ1n) is 10.4. The van der Waals surface area contributed by atoms with E-state index in [1.807, 2.05) is 9.80 Å². The Bertz CT molecular complexity index is 494. The SMILES string of the molecule is CC1CC(C)CN(C(=O)CN2CCN(C(=O)[C@H]3CCN[C@@H](C)C3)CC2)C1. The van der Waals surface area contributed by atoms with Crippen molar-refractivity contribution in [2.24, 2.45) is 17.8 Å². The number of carbonyl (C=O) groups excluding carboxylic acids is 2. The summed E-state index contributed by atoms with van der Waals surface area (Å²) in [7, 11) is 0. The number of piperidine rings is 2. The molecule has 4 atom stereocenters. The fourth-order valence-corrected chi connectivity index (χ4v) is 4.90. The molecule has 0 saturated carbocycles. The van der Waals surface area contributed by atoms with Crippen molar-refractivity contribution in [2.45, 2.75) is 46.1 Å². The van der Waals surface area contributed by atoms with Crippen molar-refractivity contribution < 1.29 is 9.59 Å². The lowest BCUT2D eigenvalue weighted by Gasteiger charge is -2.39. The minimum Gasteiger partial charge on any atom is -0.341 e. The third-order valence-corrected chi connectivity index (χ3v) is 6.24. The Kier molecular flexibility index (Phi) is 6.56. The van der Waals surface area contributed by atoms with E-state index in [4.69, 9.17) is 0 Å². The van der Waals surface area contributed by atoms with Crippen molar-refractivity contribution in [1.82, 2.24) is 20.0 Å². The van der Waals surface area contributed by atoms with Gasteiger partial charge in [-0.2, -0.15) is 0 Å². The standard InChI is InChI=1S/C20H36N4O2/c1-15-10-16(2)13-24(12-15)19(25)14-22-6-8-23(9-7-22)20(26)18-4-5-21-17(3)11-18/h15-18,21H,4-14H2,1-3H3/t15?,16?,17-,18-/m0/s1. The predicted molar refractivity (Wildman–Crippen MR) is 103 cm³/mol. The Hall–Kier alpha value is -1.14. The maximum absolute atomic E-state index is 12.8. The molecule has 3 saturated heterocycles. The molecular formula is C20H36N4O2. The van der Waals surface area contributed by atoms with Crippen LogP contribution in [0.15, 0.2) is 0 Å². The van der Waals surface area contributed by atoms with Crippen LogP contribution in [-0.2, 0) is 9.59 Å². The van der Waals surface area contributed by atoms with E-state index in [1.54, 1.807) is 0 Å². The zero-order chi connectivity index (χ0) is 18.7. The Morgan fingerprint density at radius 2 is 1.58 bits per heavy atom. The van der Waals surface area contributed by atoms with Crippen LogP contribution in [0, 0.1) is 17.8 Å². The van der Waals surface area contributed by atoms with Gasteiger partial charge in [-0.3, -0.25) is 14.5 Å². The minimum absolute atomic E-state index is 0.177. The van der Waals surface area contributed by atoms with Gasteiger partial charge in [-0.1, -0.05) is 13.8 Å². The van der Waals surface area contributed by atoms with E-state index in [-0.39, 0.29) is 11.8 Å². The smallest absolute Gasteiger partial charge is 0.236 e. The van der Waals surface area contributed by atoms with Gasteiger partial charge < -0.3 is 15.1 Å². The highest BCUT2D eigenvalue weighted by atomic mass is 16.2. The molecule has 3 aliphatic rings. The average molecular weight is 365 g/mol. The molecule has 6 heteroatoms. The number of hydrogen-bond acceptors (Lipinski definition) is 4. The molecule has 0 aliphatic carbocycles. The van der Waals surface area contributed by atoms with Gasteiger partial charge in [-0.25, -0.2) is 0 Å². The molecule has 0 radical (unpaired) electrons. The van der Waals surface area contributed by atoms with E-state index in [2.05, 4.69) is 31.0 Å². The van der Waals surface area contributed by atoms with E-state index in [0.29, 0.717) is 30.3 Å². The predicted octanol–water partition coefficient (Wildman–Crippen LogP) is 1.02. The van der Waals surface area contributed by atoms with Crippen molar-refractivity contribution in [1.29, 1.82) is 0 Å². The lowest BCUT2D eigenvalue weighted by molar-refractivity contribution is -0.139. The van der Waals surface area contributed by atoms with E-state index in [1.165, 1.54) is 6.42 Å². The van der Waals surface area contributed by atoms with Crippen LogP contribution in [0.1, 0.15) is 40.0 Å². The topological polar surface area (TPSA) is 55.9 Å². The van der Waals surface area contributed by atoms with E-state index >= 15 is 0 Å². The third-order valence-electron chi connectivity index (χ3n) is 6.24. The lowest BCUT2D eigenvalue weighted by Crippen LogP contribution is -2.54. The number of carbonyl (C=O) groups is 2. The molecule has 26 heavy (non-hydrogen) atoms. The molecule has 3 heterocycles. The fraction of sp³-hybridized carbons (Fsp3) is 0.900. The molecule has 148 valence electrons. The summed E-state index contributed by atoms with van der Waals surface area (Å²) in [6.45, 7) is 13.0. The fourth-order valence-electron chi connectivity index (χ4n) is 4.90. The highest BCUT2D eigenvalue weighted by Gasteiger charge is 2.32. The Morgan fingerprint density at radius 1 is 0.923 bits per heavy atom. The highest BCUT2D eigenvalue weighted by Crippen LogP contribution is 2.22. The van der Waals surface area contributed by atoms with Crippen LogP contribution in [0.5, 0.6) is 0 Å². The molecule has 0 bridgehead atoms. The maximum atomic E-state index is 12.8. The lowest BCUT2D eigenvalue weighted by atomic mass is 9.91. The minimum atomic E-state index is 0.177. The first-order chi connectivity index (χ1) is 12.4. The zero-order valence-electron chi connectivity index (χ0n) is 16.7. The largest absolute Gasteiger partial charge is 0.341 e. The number of likely N-dealkylation sites (tertiary alicyclic amines) is 1. The Morgan fingerprint density at radius 3 is 2.19 bits per heavy atom. The number of nitrogens with zero attached hydrogens (tertiary/aromatic N) is 3. The molecule has 3 fully saturated rings. The van der Waals surface area contributed by atoms with E-state index in [0.717, 1.165) is 58.7 Å². The summed E-state index contributed by atoms with van der Waals surface area (Å²) in [5.41, 5.74) is 0. The van der Waals surface area contributed by atoms with Crippen molar-refractivity contribution in [3.8, 4) is 0 Å². The van der Waals surface area contributed by atoms with Crippen LogP contribution < -0.4 is 5.32 Å². The van der Waals surface area contributed by atoms with Gasteiger partial charge in [0.15, 0.2) is 0 Å². The first-order valence-corrected chi connectivity index (χ1v) is 10.4. The number of hydrogen-bond donors (Lipinski definition) is 1. The maximum Gasteiger partial charge on any atom is 0.236 e. The first kappa shape index (κ1) is 19.6. The van der Waals surface area contributed by atoms with Gasteiger partial charge in [0.2, 0.25) is 11.8 Å². The quantitative estimate of drug-likeness (QED) is 0.813. The number of nitrogens with one attached hydrogen (secondary N) is 1. The molecular weight excluding hydrogens is 328 g/mol. The Balaban J connectivity index is 1.43. The zero-order valence-corrected chi connectivity index (χ0v) is 16.7. The molecule has 0 aromatic rings. The van der Waals surface area contributed by atoms with E-state index < -0.39 is 0 Å². The van der Waals surface area contributed by atoms with Gasteiger partial charge >= 0.3 is 0 Å². The van der Waals surface area contributed by atoms with Crippen LogP contribution in [0.3, 0.4) is 0 Å². The van der Waals surface area contributed by atoms with E-state index in [9.17, 15) is 9.59 Å². The van der Waals surface area contributed by atoms with Crippen molar-refractivity contribution in [3.05, 3.63) is 0 Å². The van der Waals surface area contributed by atoms with Crippen molar-refractivity contribution in [3.63, 3.8) is 0 Å². The van der Waals surface area contributed by atoms with Gasteiger partial charge in [0.05, 0.1) is 6.54 Å². The summed E-state index contributed by atoms with van der Waals surface area (Å²) < 4.78 is 0. The molecule has 3 aliphatic heterocycles. The van der Waals surface area contributed by atoms with Gasteiger partial charge in [-0.05, 0) is 44.6 Å². The van der Waals surface area contributed by atoms with Crippen LogP contribution in [0.2, 0.25) is 0 Å². The molecule has 0 aromatic carbocycles. The van der Waals surface area contributed by atoms with Crippen LogP contribution in [-0.4, -0.2) is 84.9 Å². The monoisotopic (exact) mass is 364 g/mol. The molecule has 1 N–H and O–H groups in total. The summed E-state index contributed by atoms with van der Waals surface area (Å²) in [6.07, 6.45) is 3.12. The summed E-state index contributed by atoms with van der Waals surface area (Å²) in [6, 6.07) is 0.436. The molecule has 6 nitrogen and oxygen atoms in total. The summed E-state index contributed by atoms with van der Waals surface area (Å²) >= 11 is 0. The number of amides is 2. The second-order valence-electron chi connectivity index (χ2n) is 8.92. The molecule has 0 spiro atoms. The third kappa shape index (κ3) is 4.97. The average Bonchev–Trinajstić information content (AvgIpc) is 2.61. The van der Waals surface area contributed by atoms with Gasteiger partial charge in [0, 0.05) is 51.2 Å². The summed E-state index contributed by atoms with van der Waals surface area (Å²) in [5, 5.41) is 3.41. The van der Waals surface area contributed by atoms with Crippen LogP contribution in [0.25, 0.3) is 0 Å². The molecule has 2 amide bonds. The Labute approximate surface area is 158 Å². The van der Waals surface area contributed by atoms with Gasteiger partial charge in [0.1, 0.15) is 0 Å². The number of piperazine rings is 1.